The van der Waals surface area contributed by atoms with Crippen molar-refractivity contribution in [3.05, 3.63) is 46.5 Å². The van der Waals surface area contributed by atoms with Crippen LogP contribution in [0.1, 0.15) is 18.1 Å². The lowest BCUT2D eigenvalue weighted by atomic mass is 10.1. The molecule has 0 bridgehead atoms. The van der Waals surface area contributed by atoms with E-state index in [1.54, 1.807) is 24.3 Å². The summed E-state index contributed by atoms with van der Waals surface area (Å²) in [5, 5.41) is 3.20. The Kier molecular flexibility index (Phi) is 5.04. The largest absolute Gasteiger partial charge is 0.454 e. The highest BCUT2D eigenvalue weighted by Gasteiger charge is 2.21. The lowest BCUT2D eigenvalue weighted by molar-refractivity contribution is -0.120. The molecule has 1 heterocycles. The quantitative estimate of drug-likeness (QED) is 0.886. The van der Waals surface area contributed by atoms with E-state index in [1.807, 2.05) is 19.9 Å². The summed E-state index contributed by atoms with van der Waals surface area (Å²) in [6.07, 6.45) is 0. The minimum Gasteiger partial charge on any atom is -0.454 e. The van der Waals surface area contributed by atoms with Crippen molar-refractivity contribution in [3.8, 4) is 11.5 Å². The number of halogens is 1. The number of carbonyl (C=O) groups is 2. The van der Waals surface area contributed by atoms with Crippen LogP contribution in [0.2, 0.25) is 5.02 Å². The summed E-state index contributed by atoms with van der Waals surface area (Å²) in [5.74, 6) is 0.605. The van der Waals surface area contributed by atoms with Crippen LogP contribution in [0.15, 0.2) is 30.3 Å². The number of nitrogens with one attached hydrogen (secondary N) is 1. The second kappa shape index (κ2) is 7.25. The zero-order valence-electron chi connectivity index (χ0n) is 14.8. The number of benzene rings is 2. The van der Waals surface area contributed by atoms with E-state index in [9.17, 15) is 9.59 Å². The molecular formula is C19H19ClN2O4. The molecule has 26 heavy (non-hydrogen) atoms. The van der Waals surface area contributed by atoms with E-state index < -0.39 is 0 Å². The van der Waals surface area contributed by atoms with E-state index in [-0.39, 0.29) is 25.2 Å². The highest BCUT2D eigenvalue weighted by atomic mass is 35.5. The van der Waals surface area contributed by atoms with Gasteiger partial charge in [-0.1, -0.05) is 17.7 Å². The van der Waals surface area contributed by atoms with Crippen LogP contribution in [0.25, 0.3) is 0 Å². The van der Waals surface area contributed by atoms with Gasteiger partial charge in [0.25, 0.3) is 0 Å². The first-order valence-corrected chi connectivity index (χ1v) is 8.47. The average molecular weight is 375 g/mol. The average Bonchev–Trinajstić information content (AvgIpc) is 3.00. The predicted molar refractivity (Wildman–Crippen MR) is 100 cm³/mol. The van der Waals surface area contributed by atoms with Crippen molar-refractivity contribution in [1.82, 2.24) is 0 Å². The van der Waals surface area contributed by atoms with Gasteiger partial charge < -0.3 is 19.7 Å². The van der Waals surface area contributed by atoms with Crippen LogP contribution in [-0.4, -0.2) is 25.2 Å². The van der Waals surface area contributed by atoms with E-state index in [0.717, 1.165) is 11.1 Å². The first kappa shape index (κ1) is 18.1. The Morgan fingerprint density at radius 2 is 1.88 bits per heavy atom. The fourth-order valence-corrected chi connectivity index (χ4v) is 3.34. The van der Waals surface area contributed by atoms with Gasteiger partial charge in [0.05, 0.1) is 10.7 Å². The van der Waals surface area contributed by atoms with Gasteiger partial charge in [-0.2, -0.15) is 0 Å². The van der Waals surface area contributed by atoms with E-state index in [2.05, 4.69) is 5.32 Å². The summed E-state index contributed by atoms with van der Waals surface area (Å²) < 4.78 is 10.5. The second-order valence-electron chi connectivity index (χ2n) is 6.13. The van der Waals surface area contributed by atoms with Crippen molar-refractivity contribution in [2.24, 2.45) is 0 Å². The highest BCUT2D eigenvalue weighted by molar-refractivity contribution is 6.34. The molecule has 7 heteroatoms. The first-order chi connectivity index (χ1) is 12.3. The van der Waals surface area contributed by atoms with E-state index in [0.29, 0.717) is 27.9 Å². The first-order valence-electron chi connectivity index (χ1n) is 8.09. The minimum atomic E-state index is -0.338. The molecule has 2 amide bonds. The third kappa shape index (κ3) is 3.75. The molecule has 2 aromatic carbocycles. The predicted octanol–water partition coefficient (Wildman–Crippen LogP) is 3.68. The summed E-state index contributed by atoms with van der Waals surface area (Å²) in [5.41, 5.74) is 2.94. The molecule has 0 saturated carbocycles. The van der Waals surface area contributed by atoms with Gasteiger partial charge in [0, 0.05) is 18.7 Å². The number of nitrogens with zero attached hydrogens (tertiary/aromatic N) is 1. The Morgan fingerprint density at radius 3 is 2.58 bits per heavy atom. The Balaban J connectivity index is 1.78. The highest BCUT2D eigenvalue weighted by Crippen LogP contribution is 2.34. The van der Waals surface area contributed by atoms with Gasteiger partial charge in [-0.3, -0.25) is 9.59 Å². The number of fused-ring (bicyclic) bond motifs is 1. The smallest absolute Gasteiger partial charge is 0.244 e. The molecule has 0 spiro atoms. The van der Waals surface area contributed by atoms with Crippen molar-refractivity contribution in [3.63, 3.8) is 0 Å². The maximum atomic E-state index is 12.5. The number of hydrogen-bond donors (Lipinski definition) is 1. The standard InChI is InChI=1S/C19H19ClN2O4/c1-11-6-12(2)19(15(20)7-11)22(13(3)23)9-18(24)21-14-4-5-16-17(8-14)26-10-25-16/h4-8H,9-10H2,1-3H3,(H,21,24). The lowest BCUT2D eigenvalue weighted by Gasteiger charge is -2.24. The van der Waals surface area contributed by atoms with Crippen molar-refractivity contribution in [1.29, 1.82) is 0 Å². The van der Waals surface area contributed by atoms with E-state index in [4.69, 9.17) is 21.1 Å². The summed E-state index contributed by atoms with van der Waals surface area (Å²) in [6.45, 7) is 5.21. The third-order valence-electron chi connectivity index (χ3n) is 4.01. The molecule has 0 saturated heterocycles. The van der Waals surface area contributed by atoms with Crippen LogP contribution >= 0.6 is 11.6 Å². The molecule has 0 radical (unpaired) electrons. The van der Waals surface area contributed by atoms with Gasteiger partial charge >= 0.3 is 0 Å². The molecule has 1 aliphatic heterocycles. The van der Waals surface area contributed by atoms with Crippen LogP contribution in [0, 0.1) is 13.8 Å². The lowest BCUT2D eigenvalue weighted by Crippen LogP contribution is -2.37. The van der Waals surface area contributed by atoms with Crippen molar-refractivity contribution >= 4 is 34.8 Å². The molecule has 6 nitrogen and oxygen atoms in total. The molecule has 1 N–H and O–H groups in total. The Hall–Kier alpha value is -2.73. The van der Waals surface area contributed by atoms with Gasteiger partial charge in [0.1, 0.15) is 6.54 Å². The monoisotopic (exact) mass is 374 g/mol. The number of hydrogen-bond acceptors (Lipinski definition) is 4. The molecule has 0 unspecified atom stereocenters. The number of rotatable bonds is 4. The van der Waals surface area contributed by atoms with Gasteiger partial charge in [-0.25, -0.2) is 0 Å². The number of ether oxygens (including phenoxy) is 2. The summed E-state index contributed by atoms with van der Waals surface area (Å²) in [4.78, 5) is 26.0. The number of aryl methyl sites for hydroxylation is 2. The molecule has 0 fully saturated rings. The molecule has 2 aromatic rings. The molecule has 0 atom stereocenters. The molecule has 0 aliphatic carbocycles. The van der Waals surface area contributed by atoms with Gasteiger partial charge in [-0.05, 0) is 43.2 Å². The topological polar surface area (TPSA) is 67.9 Å². The summed E-state index contributed by atoms with van der Waals surface area (Å²) in [7, 11) is 0. The fourth-order valence-electron chi connectivity index (χ4n) is 2.92. The second-order valence-corrected chi connectivity index (χ2v) is 6.54. The SMILES string of the molecule is CC(=O)N(CC(=O)Nc1ccc2c(c1)OCO2)c1c(C)cc(C)cc1Cl. The molecule has 0 aromatic heterocycles. The van der Waals surface area contributed by atoms with Gasteiger partial charge in [-0.15, -0.1) is 0 Å². The van der Waals surface area contributed by atoms with Crippen LogP contribution in [0.5, 0.6) is 11.5 Å². The Labute approximate surface area is 156 Å². The van der Waals surface area contributed by atoms with Crippen LogP contribution in [0.4, 0.5) is 11.4 Å². The van der Waals surface area contributed by atoms with E-state index in [1.165, 1.54) is 11.8 Å². The third-order valence-corrected chi connectivity index (χ3v) is 4.29. The van der Waals surface area contributed by atoms with Gasteiger partial charge in [0.15, 0.2) is 11.5 Å². The van der Waals surface area contributed by atoms with Crippen LogP contribution in [0.3, 0.4) is 0 Å². The number of anilines is 2. The molecule has 136 valence electrons. The number of amides is 2. The zero-order chi connectivity index (χ0) is 18.8. The summed E-state index contributed by atoms with van der Waals surface area (Å²) in [6, 6.07) is 8.82. The Bertz CT molecular complexity index is 859. The Morgan fingerprint density at radius 1 is 1.15 bits per heavy atom. The normalized spacial score (nSPS) is 12.0. The number of carbonyl (C=O) groups excluding carboxylic acids is 2. The fraction of sp³-hybridized carbons (Fsp3) is 0.263. The zero-order valence-corrected chi connectivity index (χ0v) is 15.5. The van der Waals surface area contributed by atoms with Crippen LogP contribution in [-0.2, 0) is 9.59 Å². The van der Waals surface area contributed by atoms with Crippen LogP contribution < -0.4 is 19.7 Å². The molecule has 1 aliphatic rings. The van der Waals surface area contributed by atoms with Crippen molar-refractivity contribution in [2.45, 2.75) is 20.8 Å². The molecule has 3 rings (SSSR count). The maximum Gasteiger partial charge on any atom is 0.244 e. The molecular weight excluding hydrogens is 356 g/mol. The minimum absolute atomic E-state index is 0.145. The van der Waals surface area contributed by atoms with Gasteiger partial charge in [0.2, 0.25) is 18.6 Å². The van der Waals surface area contributed by atoms with Crippen molar-refractivity contribution < 1.29 is 19.1 Å². The summed E-state index contributed by atoms with van der Waals surface area (Å²) >= 11 is 6.33. The van der Waals surface area contributed by atoms with Crippen molar-refractivity contribution in [2.75, 3.05) is 23.6 Å². The maximum absolute atomic E-state index is 12.5. The van der Waals surface area contributed by atoms with E-state index >= 15 is 0 Å².